The summed E-state index contributed by atoms with van der Waals surface area (Å²) in [5.41, 5.74) is 3.17. The Labute approximate surface area is 105 Å². The maximum Gasteiger partial charge on any atom is 0.183 e. The molecule has 0 atom stereocenters. The molecule has 0 saturated carbocycles. The van der Waals surface area contributed by atoms with Gasteiger partial charge < -0.3 is 0 Å². The number of pyridine rings is 1. The number of H-pyrrole nitrogens is 1. The van der Waals surface area contributed by atoms with Crippen LogP contribution in [0.15, 0.2) is 48.8 Å². The Hall–Kier alpha value is -2.49. The van der Waals surface area contributed by atoms with Gasteiger partial charge in [-0.1, -0.05) is 29.8 Å². The van der Waals surface area contributed by atoms with Crippen molar-refractivity contribution in [3.8, 4) is 22.8 Å². The Balaban J connectivity index is 1.97. The Bertz CT molecular complexity index is 641. The predicted octanol–water partition coefficient (Wildman–Crippen LogP) is 2.84. The van der Waals surface area contributed by atoms with Crippen LogP contribution in [0.2, 0.25) is 0 Å². The second kappa shape index (κ2) is 4.41. The number of hydrogen-bond acceptors (Lipinski definition) is 3. The molecule has 1 N–H and O–H groups in total. The van der Waals surface area contributed by atoms with E-state index in [0.29, 0.717) is 5.82 Å². The number of aromatic amines is 1. The van der Waals surface area contributed by atoms with E-state index in [9.17, 15) is 0 Å². The Kier molecular flexibility index (Phi) is 2.61. The average Bonchev–Trinajstić information content (AvgIpc) is 2.90. The van der Waals surface area contributed by atoms with Crippen molar-refractivity contribution in [1.82, 2.24) is 20.2 Å². The fourth-order valence-electron chi connectivity index (χ4n) is 1.73. The third-order valence-electron chi connectivity index (χ3n) is 2.73. The zero-order valence-electron chi connectivity index (χ0n) is 9.96. The van der Waals surface area contributed by atoms with Gasteiger partial charge in [0.05, 0.1) is 0 Å². The van der Waals surface area contributed by atoms with Gasteiger partial charge in [0, 0.05) is 23.5 Å². The van der Waals surface area contributed by atoms with E-state index < -0.39 is 0 Å². The Morgan fingerprint density at radius 2 is 1.83 bits per heavy atom. The number of nitrogens with one attached hydrogen (secondary N) is 1. The summed E-state index contributed by atoms with van der Waals surface area (Å²) < 4.78 is 0. The monoisotopic (exact) mass is 236 g/mol. The topological polar surface area (TPSA) is 54.5 Å². The third kappa shape index (κ3) is 2.00. The third-order valence-corrected chi connectivity index (χ3v) is 2.73. The maximum atomic E-state index is 4.47. The standard InChI is InChI=1S/C14H12N4/c1-10-4-6-11(7-5-10)13-16-14(18-17-13)12-3-2-8-15-9-12/h2-9H,1H3,(H,16,17,18). The van der Waals surface area contributed by atoms with Crippen LogP contribution in [-0.4, -0.2) is 20.2 Å². The molecule has 0 bridgehead atoms. The molecule has 3 rings (SSSR count). The molecular weight excluding hydrogens is 224 g/mol. The van der Waals surface area contributed by atoms with Gasteiger partial charge in [-0.15, -0.1) is 0 Å². The number of aryl methyl sites for hydroxylation is 1. The summed E-state index contributed by atoms with van der Waals surface area (Å²) in [5, 5.41) is 7.16. The van der Waals surface area contributed by atoms with Crippen molar-refractivity contribution in [3.63, 3.8) is 0 Å². The molecule has 0 fully saturated rings. The normalized spacial score (nSPS) is 10.5. The molecular formula is C14H12N4. The van der Waals surface area contributed by atoms with Gasteiger partial charge in [0.25, 0.3) is 0 Å². The number of aromatic nitrogens is 4. The van der Waals surface area contributed by atoms with Crippen LogP contribution in [0.3, 0.4) is 0 Å². The van der Waals surface area contributed by atoms with Gasteiger partial charge in [-0.05, 0) is 19.1 Å². The molecule has 18 heavy (non-hydrogen) atoms. The zero-order chi connectivity index (χ0) is 12.4. The van der Waals surface area contributed by atoms with Gasteiger partial charge in [-0.2, -0.15) is 5.10 Å². The van der Waals surface area contributed by atoms with E-state index in [1.54, 1.807) is 12.4 Å². The van der Waals surface area contributed by atoms with Gasteiger partial charge in [-0.25, -0.2) is 4.98 Å². The summed E-state index contributed by atoms with van der Waals surface area (Å²) in [7, 11) is 0. The van der Waals surface area contributed by atoms with E-state index in [-0.39, 0.29) is 0 Å². The van der Waals surface area contributed by atoms with Gasteiger partial charge >= 0.3 is 0 Å². The van der Waals surface area contributed by atoms with E-state index in [4.69, 9.17) is 0 Å². The molecule has 0 aliphatic heterocycles. The number of benzene rings is 1. The molecule has 4 nitrogen and oxygen atoms in total. The maximum absolute atomic E-state index is 4.47. The number of rotatable bonds is 2. The molecule has 0 spiro atoms. The molecule has 0 saturated heterocycles. The van der Waals surface area contributed by atoms with E-state index in [2.05, 4.69) is 39.2 Å². The Morgan fingerprint density at radius 3 is 2.56 bits per heavy atom. The van der Waals surface area contributed by atoms with E-state index in [0.717, 1.165) is 17.0 Å². The van der Waals surface area contributed by atoms with Gasteiger partial charge in [0.15, 0.2) is 11.6 Å². The first-order valence-electron chi connectivity index (χ1n) is 5.73. The van der Waals surface area contributed by atoms with Crippen molar-refractivity contribution < 1.29 is 0 Å². The number of nitrogens with zero attached hydrogens (tertiary/aromatic N) is 3. The van der Waals surface area contributed by atoms with Crippen molar-refractivity contribution in [2.75, 3.05) is 0 Å². The summed E-state index contributed by atoms with van der Waals surface area (Å²) in [5.74, 6) is 1.44. The minimum atomic E-state index is 0.665. The lowest BCUT2D eigenvalue weighted by Crippen LogP contribution is -1.82. The van der Waals surface area contributed by atoms with Crippen molar-refractivity contribution in [3.05, 3.63) is 54.4 Å². The molecule has 0 radical (unpaired) electrons. The SMILES string of the molecule is Cc1ccc(-c2nc(-c3cccnc3)n[nH]2)cc1. The quantitative estimate of drug-likeness (QED) is 0.744. The van der Waals surface area contributed by atoms with E-state index in [1.165, 1.54) is 5.56 Å². The second-order valence-electron chi connectivity index (χ2n) is 4.12. The highest BCUT2D eigenvalue weighted by molar-refractivity contribution is 5.60. The van der Waals surface area contributed by atoms with Gasteiger partial charge in [0.1, 0.15) is 0 Å². The largest absolute Gasteiger partial charge is 0.264 e. The molecule has 0 amide bonds. The lowest BCUT2D eigenvalue weighted by Gasteiger charge is -1.96. The summed E-state index contributed by atoms with van der Waals surface area (Å²) in [4.78, 5) is 8.53. The van der Waals surface area contributed by atoms with Crippen molar-refractivity contribution in [1.29, 1.82) is 0 Å². The van der Waals surface area contributed by atoms with Crippen LogP contribution in [0.1, 0.15) is 5.56 Å². The molecule has 0 aliphatic rings. The fourth-order valence-corrected chi connectivity index (χ4v) is 1.73. The first kappa shape index (κ1) is 10.7. The molecule has 88 valence electrons. The fraction of sp³-hybridized carbons (Fsp3) is 0.0714. The lowest BCUT2D eigenvalue weighted by molar-refractivity contribution is 1.10. The molecule has 0 unspecified atom stereocenters. The van der Waals surface area contributed by atoms with Crippen molar-refractivity contribution >= 4 is 0 Å². The zero-order valence-corrected chi connectivity index (χ0v) is 9.96. The molecule has 2 heterocycles. The molecule has 1 aromatic carbocycles. The van der Waals surface area contributed by atoms with E-state index in [1.807, 2.05) is 24.3 Å². The van der Waals surface area contributed by atoms with Crippen LogP contribution in [-0.2, 0) is 0 Å². The summed E-state index contributed by atoms with van der Waals surface area (Å²) >= 11 is 0. The minimum Gasteiger partial charge on any atom is -0.264 e. The molecule has 4 heteroatoms. The minimum absolute atomic E-state index is 0.665. The van der Waals surface area contributed by atoms with Gasteiger partial charge in [0.2, 0.25) is 0 Å². The highest BCUT2D eigenvalue weighted by atomic mass is 15.2. The summed E-state index contributed by atoms with van der Waals surface area (Å²) in [6.45, 7) is 2.06. The highest BCUT2D eigenvalue weighted by Gasteiger charge is 2.07. The summed E-state index contributed by atoms with van der Waals surface area (Å²) in [6, 6.07) is 12.0. The van der Waals surface area contributed by atoms with Crippen LogP contribution < -0.4 is 0 Å². The first-order chi connectivity index (χ1) is 8.83. The van der Waals surface area contributed by atoms with Crippen LogP contribution in [0.5, 0.6) is 0 Å². The first-order valence-corrected chi connectivity index (χ1v) is 5.73. The second-order valence-corrected chi connectivity index (χ2v) is 4.12. The number of hydrogen-bond donors (Lipinski definition) is 1. The molecule has 2 aromatic heterocycles. The van der Waals surface area contributed by atoms with Gasteiger partial charge in [-0.3, -0.25) is 10.1 Å². The average molecular weight is 236 g/mol. The highest BCUT2D eigenvalue weighted by Crippen LogP contribution is 2.19. The van der Waals surface area contributed by atoms with Crippen LogP contribution in [0, 0.1) is 6.92 Å². The smallest absolute Gasteiger partial charge is 0.183 e. The predicted molar refractivity (Wildman–Crippen MR) is 69.8 cm³/mol. The Morgan fingerprint density at radius 1 is 1.00 bits per heavy atom. The van der Waals surface area contributed by atoms with Crippen LogP contribution >= 0.6 is 0 Å². The molecule has 3 aromatic rings. The molecule has 0 aliphatic carbocycles. The lowest BCUT2D eigenvalue weighted by atomic mass is 10.1. The van der Waals surface area contributed by atoms with E-state index >= 15 is 0 Å². The van der Waals surface area contributed by atoms with Crippen molar-refractivity contribution in [2.24, 2.45) is 0 Å². The summed E-state index contributed by atoms with van der Waals surface area (Å²) in [6.07, 6.45) is 3.49. The van der Waals surface area contributed by atoms with Crippen molar-refractivity contribution in [2.45, 2.75) is 6.92 Å². The van der Waals surface area contributed by atoms with Crippen LogP contribution in [0.25, 0.3) is 22.8 Å². The van der Waals surface area contributed by atoms with Crippen LogP contribution in [0.4, 0.5) is 0 Å².